The van der Waals surface area contributed by atoms with E-state index in [0.717, 1.165) is 4.90 Å². The molecule has 0 radical (unpaired) electrons. The molecule has 0 N–H and O–H groups in total. The molecule has 2 aromatic heterocycles. The molecule has 0 fully saturated rings. The van der Waals surface area contributed by atoms with E-state index < -0.39 is 11.8 Å². The van der Waals surface area contributed by atoms with E-state index in [9.17, 15) is 9.59 Å². The molecule has 1 aromatic carbocycles. The Morgan fingerprint density at radius 3 is 2.61 bits per heavy atom. The fraction of sp³-hybridized carbons (Fsp3) is 0.125. The fourth-order valence-electron chi connectivity index (χ4n) is 2.97. The van der Waals surface area contributed by atoms with E-state index in [1.165, 1.54) is 6.20 Å². The lowest BCUT2D eigenvalue weighted by molar-refractivity contribution is 0.0926. The Morgan fingerprint density at radius 2 is 1.87 bits per heavy atom. The van der Waals surface area contributed by atoms with Gasteiger partial charge in [-0.25, -0.2) is 9.88 Å². The zero-order chi connectivity index (χ0) is 16.3. The van der Waals surface area contributed by atoms with Crippen LogP contribution in [0.2, 0.25) is 5.02 Å². The van der Waals surface area contributed by atoms with Gasteiger partial charge in [0.2, 0.25) is 0 Å². The summed E-state index contributed by atoms with van der Waals surface area (Å²) in [6, 6.07) is 6.76. The lowest BCUT2D eigenvalue weighted by atomic mass is 10.1. The molecule has 0 bridgehead atoms. The first kappa shape index (κ1) is 13.9. The summed E-state index contributed by atoms with van der Waals surface area (Å²) >= 11 is 6.15. The lowest BCUT2D eigenvalue weighted by Crippen LogP contribution is -2.29. The summed E-state index contributed by atoms with van der Waals surface area (Å²) in [5, 5.41) is 5.24. The van der Waals surface area contributed by atoms with Crippen molar-refractivity contribution < 1.29 is 9.59 Å². The third-order valence-corrected chi connectivity index (χ3v) is 4.29. The highest BCUT2D eigenvalue weighted by atomic mass is 35.5. The number of amides is 2. The average molecular weight is 327 g/mol. The van der Waals surface area contributed by atoms with Gasteiger partial charge in [0.25, 0.3) is 11.8 Å². The zero-order valence-corrected chi connectivity index (χ0v) is 13.1. The minimum absolute atomic E-state index is 0.276. The summed E-state index contributed by atoms with van der Waals surface area (Å²) in [5.74, 6) is -0.822. The Kier molecular flexibility index (Phi) is 2.80. The predicted molar refractivity (Wildman–Crippen MR) is 85.8 cm³/mol. The minimum Gasteiger partial charge on any atom is -0.268 e. The minimum atomic E-state index is -0.421. The van der Waals surface area contributed by atoms with Gasteiger partial charge >= 0.3 is 0 Å². The number of halogens is 1. The van der Waals surface area contributed by atoms with Gasteiger partial charge in [-0.2, -0.15) is 5.10 Å². The third kappa shape index (κ3) is 1.75. The van der Waals surface area contributed by atoms with Gasteiger partial charge in [0.15, 0.2) is 5.65 Å². The lowest BCUT2D eigenvalue weighted by Gasteiger charge is -2.15. The number of carbonyl (C=O) groups excluding carboxylic acids is 2. The molecule has 1 aliphatic heterocycles. The van der Waals surface area contributed by atoms with Gasteiger partial charge in [-0.15, -0.1) is 0 Å². The number of nitrogens with zero attached hydrogens (tertiary/aromatic N) is 4. The maximum absolute atomic E-state index is 12.9. The number of para-hydroxylation sites is 1. The summed E-state index contributed by atoms with van der Waals surface area (Å²) in [4.78, 5) is 31.0. The van der Waals surface area contributed by atoms with Crippen LogP contribution < -0.4 is 4.90 Å². The Morgan fingerprint density at radius 1 is 1.13 bits per heavy atom. The number of aromatic nitrogens is 3. The maximum atomic E-state index is 12.9. The van der Waals surface area contributed by atoms with Crippen molar-refractivity contribution in [1.82, 2.24) is 14.8 Å². The number of imide groups is 1. The van der Waals surface area contributed by atoms with Gasteiger partial charge in [-0.3, -0.25) is 14.3 Å². The summed E-state index contributed by atoms with van der Waals surface area (Å²) < 4.78 is 1.60. The SMILES string of the molecule is Cc1nn(C)c2ncc3c(c12)C(=O)N(c1ccccc1Cl)C3=O. The molecule has 0 saturated carbocycles. The molecule has 0 aliphatic carbocycles. The highest BCUT2D eigenvalue weighted by Crippen LogP contribution is 2.36. The van der Waals surface area contributed by atoms with Gasteiger partial charge in [0.1, 0.15) is 0 Å². The summed E-state index contributed by atoms with van der Waals surface area (Å²) in [5.41, 5.74) is 2.22. The number of aryl methyl sites for hydroxylation is 2. The summed E-state index contributed by atoms with van der Waals surface area (Å²) in [7, 11) is 1.75. The second-order valence-electron chi connectivity index (χ2n) is 5.35. The average Bonchev–Trinajstić information content (AvgIpc) is 2.95. The van der Waals surface area contributed by atoms with Gasteiger partial charge in [-0.05, 0) is 19.1 Å². The van der Waals surface area contributed by atoms with Crippen molar-refractivity contribution in [2.75, 3.05) is 4.90 Å². The molecule has 114 valence electrons. The van der Waals surface area contributed by atoms with Crippen LogP contribution in [0.4, 0.5) is 5.69 Å². The van der Waals surface area contributed by atoms with Gasteiger partial charge < -0.3 is 0 Å². The van der Waals surface area contributed by atoms with Crippen molar-refractivity contribution >= 4 is 40.1 Å². The normalized spacial score (nSPS) is 14.0. The molecule has 3 heterocycles. The molecule has 2 amide bonds. The number of benzene rings is 1. The topological polar surface area (TPSA) is 68.1 Å². The number of anilines is 1. The molecule has 3 aromatic rings. The van der Waals surface area contributed by atoms with E-state index >= 15 is 0 Å². The smallest absolute Gasteiger partial charge is 0.267 e. The number of fused-ring (bicyclic) bond motifs is 3. The third-order valence-electron chi connectivity index (χ3n) is 3.97. The number of hydrogen-bond donors (Lipinski definition) is 0. The van der Waals surface area contributed by atoms with Crippen LogP contribution in [0.5, 0.6) is 0 Å². The van der Waals surface area contributed by atoms with E-state index in [-0.39, 0.29) is 5.56 Å². The Bertz CT molecular complexity index is 1010. The second-order valence-corrected chi connectivity index (χ2v) is 5.76. The Balaban J connectivity index is 2.00. The van der Waals surface area contributed by atoms with Crippen LogP contribution in [0.15, 0.2) is 30.5 Å². The van der Waals surface area contributed by atoms with Gasteiger partial charge in [-0.1, -0.05) is 23.7 Å². The second kappa shape index (κ2) is 4.63. The first-order chi connectivity index (χ1) is 11.0. The van der Waals surface area contributed by atoms with E-state index in [2.05, 4.69) is 10.1 Å². The van der Waals surface area contributed by atoms with Gasteiger partial charge in [0, 0.05) is 13.2 Å². The predicted octanol–water partition coefficient (Wildman–Crippen LogP) is 2.73. The zero-order valence-electron chi connectivity index (χ0n) is 12.4. The van der Waals surface area contributed by atoms with Crippen LogP contribution in [0.3, 0.4) is 0 Å². The van der Waals surface area contributed by atoms with Crippen LogP contribution >= 0.6 is 11.6 Å². The van der Waals surface area contributed by atoms with E-state index in [1.807, 2.05) is 0 Å². The molecule has 1 aliphatic rings. The molecule has 0 spiro atoms. The highest BCUT2D eigenvalue weighted by Gasteiger charge is 2.40. The maximum Gasteiger partial charge on any atom is 0.267 e. The Labute approximate surface area is 136 Å². The molecule has 7 heteroatoms. The molecule has 0 saturated heterocycles. The summed E-state index contributed by atoms with van der Waals surface area (Å²) in [6.45, 7) is 1.79. The molecular formula is C16H11ClN4O2. The highest BCUT2D eigenvalue weighted by molar-refractivity contribution is 6.41. The van der Waals surface area contributed by atoms with Crippen molar-refractivity contribution in [3.63, 3.8) is 0 Å². The van der Waals surface area contributed by atoms with E-state index in [1.54, 1.807) is 42.9 Å². The quantitative estimate of drug-likeness (QED) is 0.645. The molecule has 6 nitrogen and oxygen atoms in total. The van der Waals surface area contributed by atoms with Crippen LogP contribution in [0.1, 0.15) is 26.4 Å². The van der Waals surface area contributed by atoms with Crippen LogP contribution in [0, 0.1) is 6.92 Å². The first-order valence-corrected chi connectivity index (χ1v) is 7.34. The van der Waals surface area contributed by atoms with Gasteiger partial charge in [0.05, 0.1) is 32.9 Å². The molecular weight excluding hydrogens is 316 g/mol. The van der Waals surface area contributed by atoms with Crippen LogP contribution in [0.25, 0.3) is 11.0 Å². The molecule has 0 unspecified atom stereocenters. The van der Waals surface area contributed by atoms with Crippen molar-refractivity contribution in [1.29, 1.82) is 0 Å². The molecule has 4 rings (SSSR count). The van der Waals surface area contributed by atoms with Crippen molar-refractivity contribution in [2.45, 2.75) is 6.92 Å². The fourth-order valence-corrected chi connectivity index (χ4v) is 3.19. The summed E-state index contributed by atoms with van der Waals surface area (Å²) in [6.07, 6.45) is 1.43. The molecule has 0 atom stereocenters. The van der Waals surface area contributed by atoms with E-state index in [4.69, 9.17) is 11.6 Å². The molecule has 23 heavy (non-hydrogen) atoms. The van der Waals surface area contributed by atoms with Crippen LogP contribution in [-0.4, -0.2) is 26.6 Å². The number of hydrogen-bond acceptors (Lipinski definition) is 4. The largest absolute Gasteiger partial charge is 0.268 e. The Hall–Kier alpha value is -2.73. The van der Waals surface area contributed by atoms with Crippen molar-refractivity contribution in [3.05, 3.63) is 52.3 Å². The standard InChI is InChI=1S/C16H11ClN4O2/c1-8-12-13-9(7-18-14(12)20(2)19-8)15(22)21(16(13)23)11-6-4-3-5-10(11)17/h3-7H,1-2H3. The first-order valence-electron chi connectivity index (χ1n) is 6.96. The monoisotopic (exact) mass is 326 g/mol. The number of rotatable bonds is 1. The van der Waals surface area contributed by atoms with Crippen molar-refractivity contribution in [3.8, 4) is 0 Å². The number of pyridine rings is 1. The van der Waals surface area contributed by atoms with Crippen molar-refractivity contribution in [2.24, 2.45) is 7.05 Å². The van der Waals surface area contributed by atoms with E-state index in [0.29, 0.717) is 33.0 Å². The number of carbonyl (C=O) groups is 2. The van der Waals surface area contributed by atoms with Crippen LogP contribution in [-0.2, 0) is 7.05 Å².